The molecule has 0 aromatic heterocycles. The lowest BCUT2D eigenvalue weighted by Gasteiger charge is -1.96. The van der Waals surface area contributed by atoms with Crippen LogP contribution in [0.3, 0.4) is 0 Å². The van der Waals surface area contributed by atoms with E-state index in [1.54, 1.807) is 18.2 Å². The minimum absolute atomic E-state index is 0.0889. The highest BCUT2D eigenvalue weighted by Gasteiger charge is 1.97. The van der Waals surface area contributed by atoms with Gasteiger partial charge in [0.25, 0.3) is 0 Å². The molecule has 0 aliphatic carbocycles. The molecule has 2 nitrogen and oxygen atoms in total. The Bertz CT molecular complexity index is 432. The quantitative estimate of drug-likeness (QED) is 0.586. The van der Waals surface area contributed by atoms with Crippen molar-refractivity contribution in [2.45, 2.75) is 6.42 Å². The Balaban J connectivity index is 2.76. The number of ether oxygens (including phenoxy) is 1. The zero-order chi connectivity index (χ0) is 11.3. The molecule has 0 saturated carbocycles. The molecule has 0 heterocycles. The van der Waals surface area contributed by atoms with Crippen molar-refractivity contribution in [3.63, 3.8) is 0 Å². The Kier molecular flexibility index (Phi) is 4.67. The third kappa shape index (κ3) is 3.94. The van der Waals surface area contributed by atoms with Crippen LogP contribution < -0.4 is 0 Å². The highest BCUT2D eigenvalue weighted by atomic mass is 79.9. The van der Waals surface area contributed by atoms with Crippen LogP contribution in [0.4, 0.5) is 0 Å². The van der Waals surface area contributed by atoms with Crippen molar-refractivity contribution in [2.24, 2.45) is 0 Å². The van der Waals surface area contributed by atoms with Gasteiger partial charge in [-0.1, -0.05) is 23.4 Å². The van der Waals surface area contributed by atoms with Crippen molar-refractivity contribution < 1.29 is 9.53 Å². The number of esters is 1. The van der Waals surface area contributed by atoms with Crippen molar-refractivity contribution >= 4 is 33.5 Å². The highest BCUT2D eigenvalue weighted by Crippen LogP contribution is 2.20. The fraction of sp³-hybridized carbons (Fsp3) is 0.182. The Morgan fingerprint density at radius 3 is 2.93 bits per heavy atom. The first-order valence-corrected chi connectivity index (χ1v) is 5.31. The van der Waals surface area contributed by atoms with E-state index in [0.29, 0.717) is 5.02 Å². The van der Waals surface area contributed by atoms with Crippen LogP contribution in [-0.2, 0) is 9.53 Å². The van der Waals surface area contributed by atoms with Gasteiger partial charge in [-0.25, -0.2) is 0 Å². The average Bonchev–Trinajstić information content (AvgIpc) is 2.21. The van der Waals surface area contributed by atoms with E-state index in [4.69, 9.17) is 11.6 Å². The molecule has 0 aliphatic heterocycles. The molecule has 4 heteroatoms. The minimum Gasteiger partial charge on any atom is -0.468 e. The molecule has 0 radical (unpaired) electrons. The first-order valence-electron chi connectivity index (χ1n) is 4.14. The van der Waals surface area contributed by atoms with E-state index in [-0.39, 0.29) is 12.4 Å². The topological polar surface area (TPSA) is 26.3 Å². The van der Waals surface area contributed by atoms with E-state index in [0.717, 1.165) is 10.0 Å². The number of hydrogen-bond donors (Lipinski definition) is 0. The van der Waals surface area contributed by atoms with Crippen molar-refractivity contribution in [1.29, 1.82) is 0 Å². The molecule has 0 aliphatic rings. The van der Waals surface area contributed by atoms with Gasteiger partial charge in [-0.15, -0.1) is 0 Å². The second kappa shape index (κ2) is 5.79. The Labute approximate surface area is 102 Å². The third-order valence-electron chi connectivity index (χ3n) is 1.61. The summed E-state index contributed by atoms with van der Waals surface area (Å²) in [4.78, 5) is 10.8. The fourth-order valence-corrected chi connectivity index (χ4v) is 1.66. The van der Waals surface area contributed by atoms with Gasteiger partial charge in [-0.3, -0.25) is 4.79 Å². The van der Waals surface area contributed by atoms with Crippen LogP contribution in [0.15, 0.2) is 22.7 Å². The molecule has 0 fully saturated rings. The number of benzene rings is 1. The van der Waals surface area contributed by atoms with Gasteiger partial charge < -0.3 is 4.74 Å². The normalized spacial score (nSPS) is 9.00. The molecule has 1 rings (SSSR count). The van der Waals surface area contributed by atoms with Gasteiger partial charge in [-0.05, 0) is 34.1 Å². The maximum Gasteiger partial charge on any atom is 0.317 e. The Morgan fingerprint density at radius 2 is 2.33 bits per heavy atom. The lowest BCUT2D eigenvalue weighted by Crippen LogP contribution is -1.97. The maximum absolute atomic E-state index is 10.8. The number of halogens is 2. The zero-order valence-electron chi connectivity index (χ0n) is 8.01. The summed E-state index contributed by atoms with van der Waals surface area (Å²) in [6, 6.07) is 5.29. The molecule has 0 unspecified atom stereocenters. The summed E-state index contributed by atoms with van der Waals surface area (Å²) in [5.74, 6) is 5.22. The van der Waals surface area contributed by atoms with E-state index >= 15 is 0 Å². The number of carbonyl (C=O) groups is 1. The van der Waals surface area contributed by atoms with Gasteiger partial charge in [-0.2, -0.15) is 0 Å². The molecule has 0 N–H and O–H groups in total. The second-order valence-electron chi connectivity index (χ2n) is 2.68. The van der Waals surface area contributed by atoms with Crippen LogP contribution in [-0.4, -0.2) is 13.1 Å². The first kappa shape index (κ1) is 12.1. The smallest absolute Gasteiger partial charge is 0.317 e. The van der Waals surface area contributed by atoms with Gasteiger partial charge in [0.1, 0.15) is 6.42 Å². The molecule has 0 bridgehead atoms. The predicted octanol–water partition coefficient (Wildman–Crippen LogP) is 3.02. The van der Waals surface area contributed by atoms with E-state index in [2.05, 4.69) is 32.5 Å². The van der Waals surface area contributed by atoms with Gasteiger partial charge in [0.15, 0.2) is 0 Å². The van der Waals surface area contributed by atoms with E-state index in [1.165, 1.54) is 7.11 Å². The molecule has 0 spiro atoms. The lowest BCUT2D eigenvalue weighted by molar-refractivity contribution is -0.139. The Morgan fingerprint density at radius 1 is 1.60 bits per heavy atom. The molecule has 78 valence electrons. The van der Waals surface area contributed by atoms with Crippen LogP contribution in [0.2, 0.25) is 5.02 Å². The summed E-state index contributed by atoms with van der Waals surface area (Å²) in [7, 11) is 1.34. The standard InChI is InChI=1S/C11H8BrClO2/c1-15-11(14)4-2-3-8-5-6-9(13)7-10(8)12/h5-7H,4H2,1H3. The molecule has 0 atom stereocenters. The Hall–Kier alpha value is -0.980. The second-order valence-corrected chi connectivity index (χ2v) is 3.97. The van der Waals surface area contributed by atoms with Gasteiger partial charge in [0.05, 0.1) is 7.11 Å². The summed E-state index contributed by atoms with van der Waals surface area (Å²) >= 11 is 9.10. The number of hydrogen-bond acceptors (Lipinski definition) is 2. The fourth-order valence-electron chi connectivity index (χ4n) is 0.875. The summed E-state index contributed by atoms with van der Waals surface area (Å²) in [6.07, 6.45) is 0.0889. The van der Waals surface area contributed by atoms with Crippen LogP contribution in [0.25, 0.3) is 0 Å². The predicted molar refractivity (Wildman–Crippen MR) is 62.7 cm³/mol. The summed E-state index contributed by atoms with van der Waals surface area (Å²) in [5.41, 5.74) is 0.795. The van der Waals surface area contributed by atoms with E-state index in [1.807, 2.05) is 0 Å². The molecular weight excluding hydrogens is 279 g/mol. The van der Waals surface area contributed by atoms with Crippen LogP contribution in [0, 0.1) is 11.8 Å². The summed E-state index contributed by atoms with van der Waals surface area (Å²) < 4.78 is 5.28. The summed E-state index contributed by atoms with van der Waals surface area (Å²) in [6.45, 7) is 0. The summed E-state index contributed by atoms with van der Waals surface area (Å²) in [5, 5.41) is 0.639. The van der Waals surface area contributed by atoms with Crippen molar-refractivity contribution in [2.75, 3.05) is 7.11 Å². The van der Waals surface area contributed by atoms with E-state index < -0.39 is 0 Å². The van der Waals surface area contributed by atoms with Gasteiger partial charge in [0, 0.05) is 15.1 Å². The average molecular weight is 288 g/mol. The SMILES string of the molecule is COC(=O)CC#Cc1ccc(Cl)cc1Br. The van der Waals surface area contributed by atoms with Gasteiger partial charge in [0.2, 0.25) is 0 Å². The maximum atomic E-state index is 10.8. The lowest BCUT2D eigenvalue weighted by atomic mass is 10.2. The van der Waals surface area contributed by atoms with E-state index in [9.17, 15) is 4.79 Å². The first-order chi connectivity index (χ1) is 7.13. The molecule has 15 heavy (non-hydrogen) atoms. The molecular formula is C11H8BrClO2. The minimum atomic E-state index is -0.340. The van der Waals surface area contributed by atoms with Crippen LogP contribution in [0.5, 0.6) is 0 Å². The molecule has 0 amide bonds. The molecule has 1 aromatic rings. The molecule has 1 aromatic carbocycles. The number of rotatable bonds is 1. The van der Waals surface area contributed by atoms with Crippen LogP contribution >= 0.6 is 27.5 Å². The van der Waals surface area contributed by atoms with Crippen molar-refractivity contribution in [1.82, 2.24) is 0 Å². The van der Waals surface area contributed by atoms with Crippen LogP contribution in [0.1, 0.15) is 12.0 Å². The largest absolute Gasteiger partial charge is 0.468 e. The number of methoxy groups -OCH3 is 1. The van der Waals surface area contributed by atoms with Crippen molar-refractivity contribution in [3.05, 3.63) is 33.3 Å². The highest BCUT2D eigenvalue weighted by molar-refractivity contribution is 9.10. The number of carbonyl (C=O) groups excluding carboxylic acids is 1. The monoisotopic (exact) mass is 286 g/mol. The third-order valence-corrected chi connectivity index (χ3v) is 2.51. The van der Waals surface area contributed by atoms with Gasteiger partial charge >= 0.3 is 5.97 Å². The molecule has 0 saturated heterocycles. The van der Waals surface area contributed by atoms with Crippen molar-refractivity contribution in [3.8, 4) is 11.8 Å². The zero-order valence-corrected chi connectivity index (χ0v) is 10.4.